The molecule has 0 spiro atoms. The zero-order chi connectivity index (χ0) is 27.0. The highest BCUT2D eigenvalue weighted by molar-refractivity contribution is 7.93. The molecule has 1 aliphatic heterocycles. The van der Waals surface area contributed by atoms with Gasteiger partial charge in [-0.15, -0.1) is 0 Å². The number of amides is 2. The highest BCUT2D eigenvalue weighted by Gasteiger charge is 2.35. The average Bonchev–Trinajstić information content (AvgIpc) is 3.04. The molecule has 196 valence electrons. The first-order valence-electron chi connectivity index (χ1n) is 12.6. The van der Waals surface area contributed by atoms with Crippen molar-refractivity contribution in [2.45, 2.75) is 70.5 Å². The third-order valence-corrected chi connectivity index (χ3v) is 8.39. The zero-order valence-corrected chi connectivity index (χ0v) is 22.9. The van der Waals surface area contributed by atoms with Gasteiger partial charge < -0.3 is 10.2 Å². The van der Waals surface area contributed by atoms with Crippen LogP contribution in [0.3, 0.4) is 0 Å². The molecular formula is C29H35N3O4S. The topological polar surface area (TPSA) is 86.8 Å². The fourth-order valence-corrected chi connectivity index (χ4v) is 6.53. The summed E-state index contributed by atoms with van der Waals surface area (Å²) in [4.78, 5) is 28.3. The predicted octanol–water partition coefficient (Wildman–Crippen LogP) is 4.77. The number of rotatable bonds is 8. The first kappa shape index (κ1) is 26.7. The van der Waals surface area contributed by atoms with Gasteiger partial charge in [-0.1, -0.05) is 54.1 Å². The van der Waals surface area contributed by atoms with Gasteiger partial charge in [0.2, 0.25) is 11.8 Å². The second kappa shape index (κ2) is 10.2. The Morgan fingerprint density at radius 1 is 1.03 bits per heavy atom. The molecule has 2 amide bonds. The molecule has 0 unspecified atom stereocenters. The summed E-state index contributed by atoms with van der Waals surface area (Å²) in [7, 11) is -3.68. The maximum Gasteiger partial charge on any atom is 0.265 e. The number of sulfonamides is 1. The Labute approximate surface area is 219 Å². The Morgan fingerprint density at radius 2 is 1.70 bits per heavy atom. The van der Waals surface area contributed by atoms with Crippen LogP contribution in [-0.4, -0.2) is 43.3 Å². The molecule has 0 radical (unpaired) electrons. The molecule has 1 heterocycles. The van der Waals surface area contributed by atoms with Crippen molar-refractivity contribution in [1.29, 1.82) is 0 Å². The molecule has 7 nitrogen and oxygen atoms in total. The van der Waals surface area contributed by atoms with Crippen LogP contribution in [0.1, 0.15) is 51.7 Å². The van der Waals surface area contributed by atoms with E-state index in [0.29, 0.717) is 23.5 Å². The minimum atomic E-state index is -3.68. The molecule has 4 rings (SSSR count). The molecule has 1 aliphatic rings. The fourth-order valence-electron chi connectivity index (χ4n) is 4.78. The molecule has 0 fully saturated rings. The molecular weight excluding hydrogens is 486 g/mol. The first-order valence-corrected chi connectivity index (χ1v) is 14.0. The van der Waals surface area contributed by atoms with E-state index in [1.807, 2.05) is 70.2 Å². The smallest absolute Gasteiger partial charge is 0.265 e. The molecule has 0 saturated heterocycles. The maximum atomic E-state index is 13.5. The van der Waals surface area contributed by atoms with Crippen LogP contribution < -0.4 is 9.62 Å². The van der Waals surface area contributed by atoms with Crippen LogP contribution in [0.4, 0.5) is 5.69 Å². The van der Waals surface area contributed by atoms with E-state index in [-0.39, 0.29) is 24.8 Å². The zero-order valence-electron chi connectivity index (χ0n) is 22.1. The van der Waals surface area contributed by atoms with Crippen LogP contribution in [0.15, 0.2) is 65.6 Å². The number of carbonyl (C=O) groups excluding carboxylic acids is 2. The number of anilines is 1. The lowest BCUT2D eigenvalue weighted by Gasteiger charge is -2.32. The molecule has 0 bridgehead atoms. The third-order valence-electron chi connectivity index (χ3n) is 6.53. The van der Waals surface area contributed by atoms with Crippen molar-refractivity contribution < 1.29 is 18.0 Å². The summed E-state index contributed by atoms with van der Waals surface area (Å²) in [5.41, 5.74) is 2.23. The summed E-state index contributed by atoms with van der Waals surface area (Å²) in [5, 5.41) is 4.57. The van der Waals surface area contributed by atoms with Crippen LogP contribution in [0.2, 0.25) is 0 Å². The minimum Gasteiger partial charge on any atom is -0.350 e. The summed E-state index contributed by atoms with van der Waals surface area (Å²) in [6, 6.07) is 18.0. The van der Waals surface area contributed by atoms with E-state index >= 15 is 0 Å². The minimum absolute atomic E-state index is 0.122. The van der Waals surface area contributed by atoms with Crippen LogP contribution in [0.5, 0.6) is 0 Å². The van der Waals surface area contributed by atoms with Crippen molar-refractivity contribution in [2.75, 3.05) is 10.8 Å². The largest absolute Gasteiger partial charge is 0.350 e. The number of nitrogens with one attached hydrogen (secondary N) is 1. The van der Waals surface area contributed by atoms with Gasteiger partial charge in [-0.25, -0.2) is 8.42 Å². The lowest BCUT2D eigenvalue weighted by Crippen LogP contribution is -2.52. The average molecular weight is 522 g/mol. The number of hydrogen-bond acceptors (Lipinski definition) is 4. The maximum absolute atomic E-state index is 13.5. The van der Waals surface area contributed by atoms with Crippen molar-refractivity contribution in [3.63, 3.8) is 0 Å². The summed E-state index contributed by atoms with van der Waals surface area (Å²) >= 11 is 0. The molecule has 0 saturated carbocycles. The van der Waals surface area contributed by atoms with Crippen molar-refractivity contribution in [3.8, 4) is 0 Å². The van der Waals surface area contributed by atoms with E-state index in [4.69, 9.17) is 0 Å². The van der Waals surface area contributed by atoms with Gasteiger partial charge in [0.25, 0.3) is 10.0 Å². The molecule has 3 aromatic carbocycles. The molecule has 0 aromatic heterocycles. The van der Waals surface area contributed by atoms with Gasteiger partial charge >= 0.3 is 0 Å². The highest BCUT2D eigenvalue weighted by atomic mass is 32.2. The SMILES string of the molecule is Cc1cccc(CN(C(=O)CCCN2c3cccc4cccc(c34)S2(=O)=O)[C@H](C)C(=O)NC(C)(C)C)c1. The number of nitrogens with zero attached hydrogens (tertiary/aromatic N) is 2. The van der Waals surface area contributed by atoms with E-state index in [1.54, 1.807) is 30.0 Å². The standard InChI is InChI=1S/C29H35N3O4S/c1-20-10-6-11-22(18-20)19-31(21(2)28(34)30-29(3,4)5)26(33)16-9-17-32-24-14-7-12-23-13-8-15-25(27(23)24)37(32,35)36/h6-8,10-15,18,21H,9,16-17,19H2,1-5H3,(H,30,34)/t21-/m1/s1. The third kappa shape index (κ3) is 5.64. The van der Waals surface area contributed by atoms with Gasteiger partial charge in [0.05, 0.1) is 10.6 Å². The van der Waals surface area contributed by atoms with Crippen molar-refractivity contribution in [1.82, 2.24) is 10.2 Å². The number of hydrogen-bond donors (Lipinski definition) is 1. The van der Waals surface area contributed by atoms with Crippen LogP contribution >= 0.6 is 0 Å². The quantitative estimate of drug-likeness (QED) is 0.463. The molecule has 8 heteroatoms. The Kier molecular flexibility index (Phi) is 7.33. The van der Waals surface area contributed by atoms with Gasteiger partial charge in [0.1, 0.15) is 6.04 Å². The molecule has 3 aromatic rings. The van der Waals surface area contributed by atoms with Gasteiger partial charge in [0, 0.05) is 30.4 Å². The van der Waals surface area contributed by atoms with Gasteiger partial charge in [-0.3, -0.25) is 13.9 Å². The van der Waals surface area contributed by atoms with Crippen LogP contribution in [-0.2, 0) is 26.2 Å². The Balaban J connectivity index is 1.51. The normalized spacial score (nSPS) is 15.0. The predicted molar refractivity (Wildman–Crippen MR) is 147 cm³/mol. The first-order chi connectivity index (χ1) is 17.4. The van der Waals surface area contributed by atoms with Crippen molar-refractivity contribution in [3.05, 3.63) is 71.8 Å². The number of carbonyl (C=O) groups is 2. The second-order valence-electron chi connectivity index (χ2n) is 10.7. The van der Waals surface area contributed by atoms with Gasteiger partial charge in [-0.05, 0) is 64.1 Å². The lowest BCUT2D eigenvalue weighted by molar-refractivity contribution is -0.141. The Bertz CT molecular complexity index is 1440. The van der Waals surface area contributed by atoms with E-state index in [1.165, 1.54) is 4.31 Å². The van der Waals surface area contributed by atoms with Gasteiger partial charge in [0.15, 0.2) is 0 Å². The monoisotopic (exact) mass is 521 g/mol. The Morgan fingerprint density at radius 3 is 2.38 bits per heavy atom. The highest BCUT2D eigenvalue weighted by Crippen LogP contribution is 2.42. The fraction of sp³-hybridized carbons (Fsp3) is 0.379. The summed E-state index contributed by atoms with van der Waals surface area (Å²) < 4.78 is 27.9. The molecule has 1 N–H and O–H groups in total. The molecule has 37 heavy (non-hydrogen) atoms. The number of benzene rings is 3. The van der Waals surface area contributed by atoms with Crippen molar-refractivity contribution in [2.24, 2.45) is 0 Å². The van der Waals surface area contributed by atoms with E-state index in [2.05, 4.69) is 5.32 Å². The summed E-state index contributed by atoms with van der Waals surface area (Å²) in [6.45, 7) is 9.91. The van der Waals surface area contributed by atoms with Crippen molar-refractivity contribution >= 4 is 38.3 Å². The van der Waals surface area contributed by atoms with Gasteiger partial charge in [-0.2, -0.15) is 0 Å². The lowest BCUT2D eigenvalue weighted by atomic mass is 10.1. The molecule has 1 atom stereocenters. The van der Waals surface area contributed by atoms with E-state index in [0.717, 1.165) is 21.9 Å². The van der Waals surface area contributed by atoms with Crippen LogP contribution in [0.25, 0.3) is 10.8 Å². The van der Waals surface area contributed by atoms with E-state index in [9.17, 15) is 18.0 Å². The summed E-state index contributed by atoms with van der Waals surface area (Å²) in [5.74, 6) is -0.414. The number of aryl methyl sites for hydroxylation is 1. The van der Waals surface area contributed by atoms with Crippen LogP contribution in [0, 0.1) is 6.92 Å². The van der Waals surface area contributed by atoms with E-state index < -0.39 is 21.6 Å². The Hall–Kier alpha value is -3.39. The second-order valence-corrected chi connectivity index (χ2v) is 12.6. The molecule has 0 aliphatic carbocycles. The summed E-state index contributed by atoms with van der Waals surface area (Å²) in [6.07, 6.45) is 0.456.